The maximum atomic E-state index is 13.9. The van der Waals surface area contributed by atoms with Crippen molar-refractivity contribution in [1.29, 1.82) is 0 Å². The lowest BCUT2D eigenvalue weighted by Crippen LogP contribution is -2.21. The monoisotopic (exact) mass is 381 g/mol. The molecule has 0 spiro atoms. The molecule has 0 unspecified atom stereocenters. The van der Waals surface area contributed by atoms with Crippen LogP contribution < -0.4 is 0 Å². The van der Waals surface area contributed by atoms with Crippen LogP contribution in [0.3, 0.4) is 0 Å². The number of hydrogen-bond donors (Lipinski definition) is 0. The van der Waals surface area contributed by atoms with Crippen LogP contribution >= 0.6 is 15.9 Å². The van der Waals surface area contributed by atoms with E-state index in [1.165, 1.54) is 12.1 Å². The molecule has 0 atom stereocenters. The van der Waals surface area contributed by atoms with Crippen molar-refractivity contribution < 1.29 is 13.5 Å². The lowest BCUT2D eigenvalue weighted by Gasteiger charge is -2.29. The Bertz CT molecular complexity index is 672. The standard InChI is InChI=1S/C18H18BrF2NO/c19-16-2-1-9-22-18(16)11-23-14-6-3-12(4-7-14)15-10-13(20)5-8-17(15)21/h1-2,5,8-10,12,14H,3-4,6-7,11H2. The predicted octanol–water partition coefficient (Wildman–Crippen LogP) is 5.37. The van der Waals surface area contributed by atoms with Gasteiger partial charge in [0.15, 0.2) is 0 Å². The summed E-state index contributed by atoms with van der Waals surface area (Å²) in [5.74, 6) is -0.611. The molecule has 122 valence electrons. The lowest BCUT2D eigenvalue weighted by atomic mass is 9.82. The second kappa shape index (κ2) is 7.49. The zero-order valence-corrected chi connectivity index (χ0v) is 14.2. The highest BCUT2D eigenvalue weighted by Gasteiger charge is 2.25. The van der Waals surface area contributed by atoms with E-state index in [1.807, 2.05) is 12.1 Å². The number of aromatic nitrogens is 1. The fourth-order valence-corrected chi connectivity index (χ4v) is 3.46. The molecule has 0 bridgehead atoms. The molecule has 0 saturated heterocycles. The van der Waals surface area contributed by atoms with Gasteiger partial charge in [-0.1, -0.05) is 0 Å². The molecule has 1 aliphatic carbocycles. The van der Waals surface area contributed by atoms with Crippen LogP contribution in [0.15, 0.2) is 41.0 Å². The van der Waals surface area contributed by atoms with Crippen molar-refractivity contribution in [3.8, 4) is 0 Å². The minimum absolute atomic E-state index is 0.0761. The summed E-state index contributed by atoms with van der Waals surface area (Å²) in [7, 11) is 0. The minimum atomic E-state index is -0.375. The molecular weight excluding hydrogens is 364 g/mol. The molecule has 2 nitrogen and oxygen atoms in total. The number of nitrogens with zero attached hydrogens (tertiary/aromatic N) is 1. The van der Waals surface area contributed by atoms with Crippen molar-refractivity contribution in [1.82, 2.24) is 4.98 Å². The first-order valence-electron chi connectivity index (χ1n) is 7.79. The number of ether oxygens (including phenoxy) is 1. The number of halogens is 3. The first-order valence-corrected chi connectivity index (χ1v) is 8.58. The van der Waals surface area contributed by atoms with E-state index in [-0.39, 0.29) is 23.7 Å². The second-order valence-corrected chi connectivity index (χ2v) is 6.74. The first-order chi connectivity index (χ1) is 11.1. The molecule has 3 rings (SSSR count). The zero-order valence-electron chi connectivity index (χ0n) is 12.6. The number of pyridine rings is 1. The summed E-state index contributed by atoms with van der Waals surface area (Å²) in [4.78, 5) is 4.28. The van der Waals surface area contributed by atoms with Gasteiger partial charge in [-0.2, -0.15) is 0 Å². The van der Waals surface area contributed by atoms with Gasteiger partial charge in [-0.3, -0.25) is 4.98 Å². The van der Waals surface area contributed by atoms with Crippen molar-refractivity contribution in [2.24, 2.45) is 0 Å². The van der Waals surface area contributed by atoms with Crippen LogP contribution in [0.4, 0.5) is 8.78 Å². The third-order valence-corrected chi connectivity index (χ3v) is 5.08. The molecule has 1 saturated carbocycles. The summed E-state index contributed by atoms with van der Waals surface area (Å²) in [5, 5.41) is 0. The molecule has 0 amide bonds. The summed E-state index contributed by atoms with van der Waals surface area (Å²) in [6.07, 6.45) is 5.23. The van der Waals surface area contributed by atoms with E-state index in [1.54, 1.807) is 6.20 Å². The van der Waals surface area contributed by atoms with Crippen molar-refractivity contribution >= 4 is 15.9 Å². The third-order valence-electron chi connectivity index (χ3n) is 4.36. The van der Waals surface area contributed by atoms with E-state index >= 15 is 0 Å². The van der Waals surface area contributed by atoms with E-state index in [0.29, 0.717) is 12.2 Å². The molecule has 23 heavy (non-hydrogen) atoms. The van der Waals surface area contributed by atoms with Crippen molar-refractivity contribution in [3.05, 3.63) is 63.9 Å². The molecule has 1 fully saturated rings. The average Bonchev–Trinajstić information content (AvgIpc) is 2.57. The van der Waals surface area contributed by atoms with Crippen LogP contribution in [-0.2, 0) is 11.3 Å². The molecule has 1 aromatic heterocycles. The van der Waals surface area contributed by atoms with E-state index in [0.717, 1.165) is 41.9 Å². The van der Waals surface area contributed by atoms with E-state index in [9.17, 15) is 8.78 Å². The van der Waals surface area contributed by atoms with Gasteiger partial charge in [0.25, 0.3) is 0 Å². The predicted molar refractivity (Wildman–Crippen MR) is 88.1 cm³/mol. The highest BCUT2D eigenvalue weighted by atomic mass is 79.9. The highest BCUT2D eigenvalue weighted by Crippen LogP contribution is 2.35. The Balaban J connectivity index is 1.54. The van der Waals surface area contributed by atoms with Crippen molar-refractivity contribution in [2.45, 2.75) is 44.3 Å². The molecule has 0 N–H and O–H groups in total. The SMILES string of the molecule is Fc1ccc(F)c(C2CCC(OCc3ncccc3Br)CC2)c1. The highest BCUT2D eigenvalue weighted by molar-refractivity contribution is 9.10. The van der Waals surface area contributed by atoms with Crippen LogP contribution in [0.25, 0.3) is 0 Å². The molecule has 0 aliphatic heterocycles. The van der Waals surface area contributed by atoms with Crippen molar-refractivity contribution in [2.75, 3.05) is 0 Å². The minimum Gasteiger partial charge on any atom is -0.372 e. The van der Waals surface area contributed by atoms with Gasteiger partial charge >= 0.3 is 0 Å². The first kappa shape index (κ1) is 16.5. The average molecular weight is 382 g/mol. The van der Waals surface area contributed by atoms with Crippen molar-refractivity contribution in [3.63, 3.8) is 0 Å². The Morgan fingerprint density at radius 3 is 2.65 bits per heavy atom. The second-order valence-electron chi connectivity index (χ2n) is 5.88. The Hall–Kier alpha value is -1.33. The summed E-state index contributed by atoms with van der Waals surface area (Å²) in [6.45, 7) is 0.463. The van der Waals surface area contributed by atoms with Gasteiger partial charge in [0.2, 0.25) is 0 Å². The van der Waals surface area contributed by atoms with Crippen LogP contribution in [0, 0.1) is 11.6 Å². The fraction of sp³-hybridized carbons (Fsp3) is 0.389. The quantitative estimate of drug-likeness (QED) is 0.710. The van der Waals surface area contributed by atoms with Gasteiger partial charge in [-0.05, 0) is 83.4 Å². The largest absolute Gasteiger partial charge is 0.372 e. The van der Waals surface area contributed by atoms with E-state index in [4.69, 9.17) is 4.74 Å². The Labute approximate surface area is 143 Å². The molecule has 5 heteroatoms. The lowest BCUT2D eigenvalue weighted by molar-refractivity contribution is 0.0113. The molecule has 0 radical (unpaired) electrons. The molecular formula is C18H18BrF2NO. The molecule has 1 aromatic carbocycles. The third kappa shape index (κ3) is 4.15. The Morgan fingerprint density at radius 2 is 1.91 bits per heavy atom. The Morgan fingerprint density at radius 1 is 1.13 bits per heavy atom. The Kier molecular flexibility index (Phi) is 5.38. The molecule has 2 aromatic rings. The molecule has 1 aliphatic rings. The topological polar surface area (TPSA) is 22.1 Å². The smallest absolute Gasteiger partial charge is 0.126 e. The van der Waals surface area contributed by atoms with Gasteiger partial charge in [-0.25, -0.2) is 8.78 Å². The van der Waals surface area contributed by atoms with Crippen LogP contribution in [0.1, 0.15) is 42.9 Å². The fourth-order valence-electron chi connectivity index (χ4n) is 3.09. The van der Waals surface area contributed by atoms with E-state index in [2.05, 4.69) is 20.9 Å². The van der Waals surface area contributed by atoms with Crippen LogP contribution in [0.5, 0.6) is 0 Å². The number of hydrogen-bond acceptors (Lipinski definition) is 2. The summed E-state index contributed by atoms with van der Waals surface area (Å²) >= 11 is 3.46. The zero-order chi connectivity index (χ0) is 16.2. The van der Waals surface area contributed by atoms with Gasteiger partial charge in [0.05, 0.1) is 18.4 Å². The summed E-state index contributed by atoms with van der Waals surface area (Å²) < 4.78 is 34.0. The van der Waals surface area contributed by atoms with Gasteiger partial charge in [-0.15, -0.1) is 0 Å². The summed E-state index contributed by atoms with van der Waals surface area (Å²) in [6, 6.07) is 7.51. The maximum Gasteiger partial charge on any atom is 0.126 e. The van der Waals surface area contributed by atoms with Gasteiger partial charge < -0.3 is 4.74 Å². The maximum absolute atomic E-state index is 13.9. The van der Waals surface area contributed by atoms with Gasteiger partial charge in [0, 0.05) is 10.7 Å². The van der Waals surface area contributed by atoms with Crippen LogP contribution in [0.2, 0.25) is 0 Å². The summed E-state index contributed by atoms with van der Waals surface area (Å²) in [5.41, 5.74) is 1.38. The number of rotatable bonds is 4. The van der Waals surface area contributed by atoms with Gasteiger partial charge in [0.1, 0.15) is 11.6 Å². The van der Waals surface area contributed by atoms with E-state index < -0.39 is 0 Å². The van der Waals surface area contributed by atoms with Crippen LogP contribution in [-0.4, -0.2) is 11.1 Å². The number of benzene rings is 1. The normalized spacial score (nSPS) is 21.3. The molecule has 1 heterocycles.